The predicted molar refractivity (Wildman–Crippen MR) is 53.8 cm³/mol. The summed E-state index contributed by atoms with van der Waals surface area (Å²) >= 11 is 0. The highest BCUT2D eigenvalue weighted by Crippen LogP contribution is 2.05. The molecule has 4 N–H and O–H groups in total. The summed E-state index contributed by atoms with van der Waals surface area (Å²) in [5.41, 5.74) is 10.8. The number of hydrogen-bond acceptors (Lipinski definition) is 4. The van der Waals surface area contributed by atoms with Gasteiger partial charge in [-0.15, -0.1) is 0 Å². The Hall–Kier alpha value is -1.95. The van der Waals surface area contributed by atoms with E-state index in [4.69, 9.17) is 5.73 Å². The third kappa shape index (κ3) is 3.66. The molecule has 0 aromatic heterocycles. The van der Waals surface area contributed by atoms with E-state index in [1.165, 1.54) is 24.3 Å². The summed E-state index contributed by atoms with van der Waals surface area (Å²) in [6.07, 6.45) is -1.05. The number of hydrogen-bond donors (Lipinski definition) is 2. The number of esters is 1. The Kier molecular flexibility index (Phi) is 3.96. The highest BCUT2D eigenvalue weighted by molar-refractivity contribution is 5.86. The van der Waals surface area contributed by atoms with Gasteiger partial charge in [-0.3, -0.25) is 0 Å². The van der Waals surface area contributed by atoms with Crippen molar-refractivity contribution >= 4 is 12.1 Å². The van der Waals surface area contributed by atoms with E-state index in [0.717, 1.165) is 0 Å². The Morgan fingerprint density at radius 1 is 1.31 bits per heavy atom. The Morgan fingerprint density at radius 2 is 1.88 bits per heavy atom. The van der Waals surface area contributed by atoms with Crippen LogP contribution >= 0.6 is 0 Å². The van der Waals surface area contributed by atoms with Gasteiger partial charge in [0.2, 0.25) is 0 Å². The van der Waals surface area contributed by atoms with E-state index in [-0.39, 0.29) is 12.2 Å². The molecule has 1 aromatic rings. The molecule has 0 saturated carbocycles. The zero-order valence-electron chi connectivity index (χ0n) is 8.35. The van der Waals surface area contributed by atoms with Crippen LogP contribution in [0.15, 0.2) is 24.3 Å². The van der Waals surface area contributed by atoms with E-state index >= 15 is 0 Å². The number of carbonyl (C=O) groups excluding carboxylic acids is 2. The average Bonchev–Trinajstić information content (AvgIpc) is 2.20. The summed E-state index contributed by atoms with van der Waals surface area (Å²) < 4.78 is 16.7. The van der Waals surface area contributed by atoms with Gasteiger partial charge in [0.25, 0.3) is 0 Å². The van der Waals surface area contributed by atoms with Crippen LogP contribution < -0.4 is 11.5 Å². The number of nitrogens with two attached hydrogens (primary N) is 2. The number of benzene rings is 1. The summed E-state index contributed by atoms with van der Waals surface area (Å²) in [7, 11) is 0. The molecule has 0 spiro atoms. The van der Waals surface area contributed by atoms with Crippen molar-refractivity contribution in [2.24, 2.45) is 11.5 Å². The van der Waals surface area contributed by atoms with Crippen molar-refractivity contribution in [3.63, 3.8) is 0 Å². The molecule has 1 amide bonds. The first kappa shape index (κ1) is 12.1. The molecule has 0 aliphatic carbocycles. The van der Waals surface area contributed by atoms with Gasteiger partial charge >= 0.3 is 12.1 Å². The van der Waals surface area contributed by atoms with Gasteiger partial charge in [0.15, 0.2) is 0 Å². The number of rotatable bonds is 3. The van der Waals surface area contributed by atoms with E-state index < -0.39 is 18.1 Å². The van der Waals surface area contributed by atoms with E-state index in [9.17, 15) is 14.0 Å². The standard InChI is InChI=1S/C10H11FN2O3/c11-7-3-1-6(2-4-7)5-8(12)9(14)16-10(13)15/h1-4,8H,5,12H2,(H2,13,15)/t8-/m0/s1. The SMILES string of the molecule is NC(=O)OC(=O)[C@@H](N)Cc1ccc(F)cc1. The zero-order valence-corrected chi connectivity index (χ0v) is 8.35. The van der Waals surface area contributed by atoms with Crippen LogP contribution in [0.5, 0.6) is 0 Å². The van der Waals surface area contributed by atoms with Crippen LogP contribution in [-0.4, -0.2) is 18.1 Å². The Balaban J connectivity index is 2.57. The molecule has 6 heteroatoms. The van der Waals surface area contributed by atoms with Gasteiger partial charge in [-0.05, 0) is 24.1 Å². The molecule has 0 aliphatic rings. The van der Waals surface area contributed by atoms with Crippen LogP contribution in [0.2, 0.25) is 0 Å². The highest BCUT2D eigenvalue weighted by atomic mass is 19.1. The first-order valence-electron chi connectivity index (χ1n) is 4.50. The molecule has 1 aromatic carbocycles. The molecule has 0 fully saturated rings. The van der Waals surface area contributed by atoms with Crippen molar-refractivity contribution in [2.45, 2.75) is 12.5 Å². The van der Waals surface area contributed by atoms with Crippen LogP contribution in [0, 0.1) is 5.82 Å². The molecular formula is C10H11FN2O3. The van der Waals surface area contributed by atoms with E-state index in [1.54, 1.807) is 0 Å². The second-order valence-corrected chi connectivity index (χ2v) is 3.18. The Morgan fingerprint density at radius 3 is 2.38 bits per heavy atom. The minimum Gasteiger partial charge on any atom is -0.375 e. The molecule has 0 saturated heterocycles. The maximum atomic E-state index is 12.6. The molecule has 86 valence electrons. The quantitative estimate of drug-likeness (QED) is 0.573. The van der Waals surface area contributed by atoms with E-state index in [1.807, 2.05) is 0 Å². The number of carbonyl (C=O) groups is 2. The summed E-state index contributed by atoms with van der Waals surface area (Å²) in [6, 6.07) is 4.49. The molecule has 5 nitrogen and oxygen atoms in total. The van der Waals surface area contributed by atoms with Crippen molar-refractivity contribution in [1.29, 1.82) is 0 Å². The van der Waals surface area contributed by atoms with Crippen LogP contribution in [0.4, 0.5) is 9.18 Å². The summed E-state index contributed by atoms with van der Waals surface area (Å²) in [6.45, 7) is 0. The largest absolute Gasteiger partial charge is 0.412 e. The van der Waals surface area contributed by atoms with Gasteiger partial charge in [0.05, 0.1) is 0 Å². The van der Waals surface area contributed by atoms with Crippen molar-refractivity contribution in [2.75, 3.05) is 0 Å². The second-order valence-electron chi connectivity index (χ2n) is 3.18. The molecule has 16 heavy (non-hydrogen) atoms. The number of amides is 1. The van der Waals surface area contributed by atoms with Gasteiger partial charge in [-0.25, -0.2) is 14.0 Å². The summed E-state index contributed by atoms with van der Waals surface area (Å²) in [4.78, 5) is 21.4. The fraction of sp³-hybridized carbons (Fsp3) is 0.200. The maximum absolute atomic E-state index is 12.6. The van der Waals surface area contributed by atoms with Crippen LogP contribution in [0.1, 0.15) is 5.56 Å². The average molecular weight is 226 g/mol. The predicted octanol–water partition coefficient (Wildman–Crippen LogP) is 0.317. The van der Waals surface area contributed by atoms with Gasteiger partial charge in [-0.2, -0.15) is 0 Å². The Bertz CT molecular complexity index is 392. The molecule has 0 radical (unpaired) electrons. The monoisotopic (exact) mass is 226 g/mol. The molecule has 0 heterocycles. The molecular weight excluding hydrogens is 215 g/mol. The van der Waals surface area contributed by atoms with Crippen LogP contribution in [-0.2, 0) is 16.0 Å². The zero-order chi connectivity index (χ0) is 12.1. The van der Waals surface area contributed by atoms with Gasteiger partial charge in [-0.1, -0.05) is 12.1 Å². The third-order valence-electron chi connectivity index (χ3n) is 1.87. The smallest absolute Gasteiger partial charge is 0.375 e. The molecule has 0 bridgehead atoms. The molecule has 1 rings (SSSR count). The van der Waals surface area contributed by atoms with Crippen molar-refractivity contribution in [1.82, 2.24) is 0 Å². The first-order valence-corrected chi connectivity index (χ1v) is 4.50. The minimum absolute atomic E-state index is 0.145. The number of halogens is 1. The van der Waals surface area contributed by atoms with Crippen LogP contribution in [0.3, 0.4) is 0 Å². The van der Waals surface area contributed by atoms with Gasteiger partial charge in [0, 0.05) is 0 Å². The molecule has 0 unspecified atom stereocenters. The lowest BCUT2D eigenvalue weighted by Crippen LogP contribution is -2.36. The van der Waals surface area contributed by atoms with E-state index in [0.29, 0.717) is 5.56 Å². The van der Waals surface area contributed by atoms with Gasteiger partial charge < -0.3 is 16.2 Å². The summed E-state index contributed by atoms with van der Waals surface area (Å²) in [5, 5.41) is 0. The van der Waals surface area contributed by atoms with Gasteiger partial charge in [0.1, 0.15) is 11.9 Å². The minimum atomic E-state index is -1.19. The normalized spacial score (nSPS) is 11.9. The third-order valence-corrected chi connectivity index (χ3v) is 1.87. The molecule has 0 aliphatic heterocycles. The lowest BCUT2D eigenvalue weighted by atomic mass is 10.1. The number of primary amides is 1. The Labute approximate surface area is 91.2 Å². The van der Waals surface area contributed by atoms with E-state index in [2.05, 4.69) is 10.5 Å². The van der Waals surface area contributed by atoms with Crippen molar-refractivity contribution in [3.8, 4) is 0 Å². The fourth-order valence-electron chi connectivity index (χ4n) is 1.13. The lowest BCUT2D eigenvalue weighted by Gasteiger charge is -2.08. The fourth-order valence-corrected chi connectivity index (χ4v) is 1.13. The number of ether oxygens (including phenoxy) is 1. The lowest BCUT2D eigenvalue weighted by molar-refractivity contribution is -0.138. The van der Waals surface area contributed by atoms with Crippen LogP contribution in [0.25, 0.3) is 0 Å². The maximum Gasteiger partial charge on any atom is 0.412 e. The topological polar surface area (TPSA) is 95.4 Å². The summed E-state index contributed by atoms with van der Waals surface area (Å²) in [5.74, 6) is -1.28. The van der Waals surface area contributed by atoms with Crippen molar-refractivity contribution < 1.29 is 18.7 Å². The molecule has 1 atom stereocenters. The second kappa shape index (κ2) is 5.22. The van der Waals surface area contributed by atoms with Crippen molar-refractivity contribution in [3.05, 3.63) is 35.6 Å². The highest BCUT2D eigenvalue weighted by Gasteiger charge is 2.17. The first-order chi connectivity index (χ1) is 7.49.